The number of aromatic nitrogens is 2. The summed E-state index contributed by atoms with van der Waals surface area (Å²) in [5.74, 6) is 1.13. The lowest BCUT2D eigenvalue weighted by Crippen LogP contribution is -2.30. The Labute approximate surface area is 177 Å². The molecule has 0 saturated carbocycles. The van der Waals surface area contributed by atoms with Gasteiger partial charge in [-0.15, -0.1) is 0 Å². The van der Waals surface area contributed by atoms with Crippen molar-refractivity contribution in [1.82, 2.24) is 14.4 Å². The molecule has 0 N–H and O–H groups in total. The van der Waals surface area contributed by atoms with Gasteiger partial charge in [-0.05, 0) is 42.7 Å². The second kappa shape index (κ2) is 8.20. The number of anilines is 1. The van der Waals surface area contributed by atoms with E-state index in [-0.39, 0.29) is 0 Å². The molecule has 158 valence electrons. The number of fused-ring (bicyclic) bond motifs is 1. The summed E-state index contributed by atoms with van der Waals surface area (Å²) in [6, 6.07) is 13.3. The maximum atomic E-state index is 12.8. The predicted octanol–water partition coefficient (Wildman–Crippen LogP) is 3.64. The van der Waals surface area contributed by atoms with Crippen LogP contribution in [0.4, 0.5) is 5.69 Å². The Kier molecular flexibility index (Phi) is 5.62. The Morgan fingerprint density at radius 3 is 2.63 bits per heavy atom. The minimum Gasteiger partial charge on any atom is -0.362 e. The Balaban J connectivity index is 1.54. The van der Waals surface area contributed by atoms with E-state index in [1.165, 1.54) is 4.31 Å². The minimum atomic E-state index is -3.46. The van der Waals surface area contributed by atoms with Gasteiger partial charge in [0.05, 0.1) is 11.4 Å². The summed E-state index contributed by atoms with van der Waals surface area (Å²) in [5, 5.41) is 4.13. The third-order valence-electron chi connectivity index (χ3n) is 5.57. The van der Waals surface area contributed by atoms with E-state index in [1.807, 2.05) is 51.1 Å². The molecule has 1 aliphatic heterocycles. The van der Waals surface area contributed by atoms with Crippen LogP contribution in [0.1, 0.15) is 30.9 Å². The molecule has 0 aliphatic carbocycles. The first-order valence-electron chi connectivity index (χ1n) is 10.2. The van der Waals surface area contributed by atoms with Gasteiger partial charge >= 0.3 is 0 Å². The lowest BCUT2D eigenvalue weighted by Gasteiger charge is -2.20. The van der Waals surface area contributed by atoms with Crippen molar-refractivity contribution in [3.8, 4) is 11.4 Å². The molecule has 0 unspecified atom stereocenters. The molecule has 0 radical (unpaired) electrons. The molecule has 4 rings (SSSR count). The van der Waals surface area contributed by atoms with Gasteiger partial charge in [-0.2, -0.15) is 9.29 Å². The lowest BCUT2D eigenvalue weighted by atomic mass is 10.1. The number of nitrogens with zero attached hydrogens (tertiary/aromatic N) is 4. The quantitative estimate of drug-likeness (QED) is 0.574. The Hall–Kier alpha value is -2.71. The maximum absolute atomic E-state index is 12.8. The van der Waals surface area contributed by atoms with E-state index >= 15 is 0 Å². The summed E-state index contributed by atoms with van der Waals surface area (Å²) in [4.78, 5) is 7.06. The molecule has 8 heteroatoms. The summed E-state index contributed by atoms with van der Waals surface area (Å²) < 4.78 is 32.6. The zero-order valence-electron chi connectivity index (χ0n) is 17.5. The molecule has 1 aromatic heterocycles. The van der Waals surface area contributed by atoms with Crippen LogP contribution in [0.2, 0.25) is 0 Å². The monoisotopic (exact) mass is 426 g/mol. The van der Waals surface area contributed by atoms with Gasteiger partial charge in [0.15, 0.2) is 0 Å². The molecule has 0 amide bonds. The van der Waals surface area contributed by atoms with Crippen LogP contribution in [-0.4, -0.2) is 42.5 Å². The third-order valence-corrected chi connectivity index (χ3v) is 7.61. The largest absolute Gasteiger partial charge is 0.362 e. The van der Waals surface area contributed by atoms with Crippen molar-refractivity contribution in [2.24, 2.45) is 0 Å². The molecule has 2 heterocycles. The van der Waals surface area contributed by atoms with Crippen molar-refractivity contribution in [3.05, 3.63) is 59.5 Å². The maximum Gasteiger partial charge on any atom is 0.246 e. The number of aryl methyl sites for hydroxylation is 1. The van der Waals surface area contributed by atoms with E-state index in [4.69, 9.17) is 4.52 Å². The Bertz CT molecular complexity index is 1150. The predicted molar refractivity (Wildman–Crippen MR) is 116 cm³/mol. The summed E-state index contributed by atoms with van der Waals surface area (Å²) >= 11 is 0. The van der Waals surface area contributed by atoms with Crippen LogP contribution in [0.5, 0.6) is 0 Å². The SMILES string of the molecule is CCN(CC)S(=O)(=O)c1ccc2c(c1)CCN2Cc1nc(-c2ccccc2C)no1. The molecular formula is C22H26N4O3S. The standard InChI is InChI=1S/C22H26N4O3S/c1-4-26(5-2)30(27,28)18-10-11-20-17(14-18)12-13-25(20)15-21-23-22(24-29-21)19-9-7-6-8-16(19)3/h6-11,14H,4-5,12-13,15H2,1-3H3. The fourth-order valence-electron chi connectivity index (χ4n) is 3.90. The van der Waals surface area contributed by atoms with Crippen LogP contribution in [0.25, 0.3) is 11.4 Å². The van der Waals surface area contributed by atoms with Crippen LogP contribution in [-0.2, 0) is 23.0 Å². The summed E-state index contributed by atoms with van der Waals surface area (Å²) in [7, 11) is -3.46. The van der Waals surface area contributed by atoms with E-state index in [1.54, 1.807) is 12.1 Å². The van der Waals surface area contributed by atoms with Gasteiger partial charge < -0.3 is 9.42 Å². The zero-order valence-corrected chi connectivity index (χ0v) is 18.3. The second-order valence-electron chi connectivity index (χ2n) is 7.38. The molecule has 30 heavy (non-hydrogen) atoms. The highest BCUT2D eigenvalue weighted by atomic mass is 32.2. The average Bonchev–Trinajstić information content (AvgIpc) is 3.36. The van der Waals surface area contributed by atoms with Crippen molar-refractivity contribution in [3.63, 3.8) is 0 Å². The summed E-state index contributed by atoms with van der Waals surface area (Å²) in [5.41, 5.74) is 4.10. The smallest absolute Gasteiger partial charge is 0.246 e. The highest BCUT2D eigenvalue weighted by molar-refractivity contribution is 7.89. The highest BCUT2D eigenvalue weighted by Gasteiger charge is 2.26. The van der Waals surface area contributed by atoms with Crippen LogP contribution in [0.15, 0.2) is 51.9 Å². The molecule has 0 atom stereocenters. The number of hydrogen-bond donors (Lipinski definition) is 0. The molecular weight excluding hydrogens is 400 g/mol. The fraction of sp³-hybridized carbons (Fsp3) is 0.364. The van der Waals surface area contributed by atoms with Crippen molar-refractivity contribution >= 4 is 15.7 Å². The van der Waals surface area contributed by atoms with Gasteiger partial charge in [0.1, 0.15) is 0 Å². The molecule has 7 nitrogen and oxygen atoms in total. The van der Waals surface area contributed by atoms with E-state index < -0.39 is 10.0 Å². The van der Waals surface area contributed by atoms with Crippen LogP contribution in [0, 0.1) is 6.92 Å². The number of sulfonamides is 1. The van der Waals surface area contributed by atoms with Gasteiger partial charge in [0, 0.05) is 30.9 Å². The molecule has 2 aromatic carbocycles. The molecule has 0 bridgehead atoms. The van der Waals surface area contributed by atoms with Crippen molar-refractivity contribution < 1.29 is 12.9 Å². The summed E-state index contributed by atoms with van der Waals surface area (Å²) in [6.07, 6.45) is 0.787. The van der Waals surface area contributed by atoms with E-state index in [9.17, 15) is 8.42 Å². The van der Waals surface area contributed by atoms with E-state index in [0.717, 1.165) is 35.3 Å². The molecule has 0 saturated heterocycles. The van der Waals surface area contributed by atoms with Gasteiger partial charge in [0.25, 0.3) is 0 Å². The number of rotatable bonds is 7. The Morgan fingerprint density at radius 2 is 1.90 bits per heavy atom. The first-order valence-corrected chi connectivity index (χ1v) is 11.6. The number of hydrogen-bond acceptors (Lipinski definition) is 6. The first-order chi connectivity index (χ1) is 14.4. The van der Waals surface area contributed by atoms with Gasteiger partial charge in [0.2, 0.25) is 21.7 Å². The van der Waals surface area contributed by atoms with Gasteiger partial charge in [-0.25, -0.2) is 8.42 Å². The fourth-order valence-corrected chi connectivity index (χ4v) is 5.41. The number of benzene rings is 2. The van der Waals surface area contributed by atoms with Crippen LogP contribution < -0.4 is 4.90 Å². The topological polar surface area (TPSA) is 79.5 Å². The van der Waals surface area contributed by atoms with E-state index in [2.05, 4.69) is 15.0 Å². The van der Waals surface area contributed by atoms with E-state index in [0.29, 0.717) is 36.2 Å². The first kappa shape index (κ1) is 20.6. The normalized spacial score (nSPS) is 13.8. The second-order valence-corrected chi connectivity index (χ2v) is 9.32. The zero-order chi connectivity index (χ0) is 21.3. The molecule has 1 aliphatic rings. The summed E-state index contributed by atoms with van der Waals surface area (Å²) in [6.45, 7) is 7.93. The lowest BCUT2D eigenvalue weighted by molar-refractivity contribution is 0.377. The van der Waals surface area contributed by atoms with Gasteiger partial charge in [-0.1, -0.05) is 43.3 Å². The molecule has 0 spiro atoms. The molecule has 3 aromatic rings. The molecule has 0 fully saturated rings. The average molecular weight is 427 g/mol. The van der Waals surface area contributed by atoms with Gasteiger partial charge in [-0.3, -0.25) is 0 Å². The van der Waals surface area contributed by atoms with Crippen molar-refractivity contribution in [1.29, 1.82) is 0 Å². The van der Waals surface area contributed by atoms with Crippen molar-refractivity contribution in [2.75, 3.05) is 24.5 Å². The third kappa shape index (κ3) is 3.73. The van der Waals surface area contributed by atoms with Crippen molar-refractivity contribution in [2.45, 2.75) is 38.6 Å². The van der Waals surface area contributed by atoms with Crippen LogP contribution >= 0.6 is 0 Å². The van der Waals surface area contributed by atoms with Crippen LogP contribution in [0.3, 0.4) is 0 Å². The highest BCUT2D eigenvalue weighted by Crippen LogP contribution is 2.32. The Morgan fingerprint density at radius 1 is 1.13 bits per heavy atom. The minimum absolute atomic E-state index is 0.353.